The van der Waals surface area contributed by atoms with Gasteiger partial charge in [0, 0.05) is 11.6 Å². The SMILES string of the molecule is COC(=O)[C@@H]1CC[C@@H](NC(=O)C(c2ccc(CN3N=C(c4ccccc4)OCC3=O)cc2)C2CCCC2)C1. The third-order valence-corrected chi connectivity index (χ3v) is 7.99. The number of hydrazone groups is 1. The maximum Gasteiger partial charge on any atom is 0.308 e. The lowest BCUT2D eigenvalue weighted by atomic mass is 9.83. The third kappa shape index (κ3) is 5.90. The number of ether oxygens (including phenoxy) is 2. The van der Waals surface area contributed by atoms with Gasteiger partial charge in [0.05, 0.1) is 25.5 Å². The molecule has 1 unspecified atom stereocenters. The van der Waals surface area contributed by atoms with Crippen LogP contribution in [0, 0.1) is 11.8 Å². The van der Waals surface area contributed by atoms with Crippen LogP contribution in [0.5, 0.6) is 0 Å². The van der Waals surface area contributed by atoms with Gasteiger partial charge in [-0.05, 0) is 61.3 Å². The van der Waals surface area contributed by atoms with E-state index in [1.54, 1.807) is 0 Å². The van der Waals surface area contributed by atoms with Gasteiger partial charge < -0.3 is 14.8 Å². The molecule has 0 aromatic heterocycles. The molecule has 8 heteroatoms. The van der Waals surface area contributed by atoms with Crippen LogP contribution in [0.1, 0.15) is 67.6 Å². The molecule has 2 aromatic rings. The Balaban J connectivity index is 1.28. The van der Waals surface area contributed by atoms with Crippen molar-refractivity contribution in [1.29, 1.82) is 0 Å². The Kier molecular flexibility index (Phi) is 8.05. The molecule has 8 nitrogen and oxygen atoms in total. The van der Waals surface area contributed by atoms with Crippen LogP contribution >= 0.6 is 0 Å². The molecule has 3 atom stereocenters. The van der Waals surface area contributed by atoms with Gasteiger partial charge in [-0.3, -0.25) is 14.4 Å². The third-order valence-electron chi connectivity index (χ3n) is 7.99. The number of benzene rings is 2. The molecule has 0 spiro atoms. The van der Waals surface area contributed by atoms with Crippen molar-refractivity contribution in [3.8, 4) is 0 Å². The highest BCUT2D eigenvalue weighted by Crippen LogP contribution is 2.38. The number of nitrogens with one attached hydrogen (secondary N) is 1. The fourth-order valence-corrected chi connectivity index (χ4v) is 5.96. The van der Waals surface area contributed by atoms with Crippen LogP contribution in [0.15, 0.2) is 59.7 Å². The average Bonchev–Trinajstić information content (AvgIpc) is 3.64. The Bertz CT molecular complexity index is 1170. The first-order chi connectivity index (χ1) is 18.5. The van der Waals surface area contributed by atoms with Crippen LogP contribution in [0.4, 0.5) is 0 Å². The van der Waals surface area contributed by atoms with E-state index in [1.807, 2.05) is 54.6 Å². The number of nitrogens with zero attached hydrogens (tertiary/aromatic N) is 2. The number of carbonyl (C=O) groups is 3. The van der Waals surface area contributed by atoms with E-state index in [1.165, 1.54) is 12.1 Å². The van der Waals surface area contributed by atoms with Gasteiger partial charge in [0.2, 0.25) is 11.8 Å². The predicted octanol–water partition coefficient (Wildman–Crippen LogP) is 4.14. The van der Waals surface area contributed by atoms with Crippen molar-refractivity contribution in [2.24, 2.45) is 16.9 Å². The minimum absolute atomic E-state index is 0.00113. The summed E-state index contributed by atoms with van der Waals surface area (Å²) in [4.78, 5) is 37.9. The molecule has 0 bridgehead atoms. The first-order valence-corrected chi connectivity index (χ1v) is 13.6. The number of hydrogen-bond acceptors (Lipinski definition) is 6. The molecule has 2 saturated carbocycles. The van der Waals surface area contributed by atoms with E-state index in [0.29, 0.717) is 24.8 Å². The lowest BCUT2D eigenvalue weighted by molar-refractivity contribution is -0.145. The molecule has 3 aliphatic rings. The Morgan fingerprint density at radius 2 is 1.79 bits per heavy atom. The highest BCUT2D eigenvalue weighted by atomic mass is 16.5. The molecule has 1 aliphatic heterocycles. The van der Waals surface area contributed by atoms with Crippen LogP contribution in [0.3, 0.4) is 0 Å². The molecule has 200 valence electrons. The number of esters is 1. The van der Waals surface area contributed by atoms with Crippen LogP contribution in [0.25, 0.3) is 0 Å². The largest absolute Gasteiger partial charge is 0.469 e. The van der Waals surface area contributed by atoms with Gasteiger partial charge in [-0.1, -0.05) is 55.3 Å². The maximum atomic E-state index is 13.5. The van der Waals surface area contributed by atoms with Crippen molar-refractivity contribution >= 4 is 23.7 Å². The zero-order valence-electron chi connectivity index (χ0n) is 21.8. The van der Waals surface area contributed by atoms with Gasteiger partial charge in [0.25, 0.3) is 5.91 Å². The molecule has 0 saturated heterocycles. The van der Waals surface area contributed by atoms with E-state index in [4.69, 9.17) is 9.47 Å². The topological polar surface area (TPSA) is 97.3 Å². The minimum atomic E-state index is -0.226. The molecule has 1 heterocycles. The summed E-state index contributed by atoms with van der Waals surface area (Å²) in [5.41, 5.74) is 2.75. The Morgan fingerprint density at radius 3 is 2.50 bits per heavy atom. The summed E-state index contributed by atoms with van der Waals surface area (Å²) in [7, 11) is 1.41. The van der Waals surface area contributed by atoms with E-state index in [-0.39, 0.29) is 42.3 Å². The van der Waals surface area contributed by atoms with Crippen molar-refractivity contribution in [2.75, 3.05) is 13.7 Å². The van der Waals surface area contributed by atoms with Gasteiger partial charge in [0.15, 0.2) is 6.61 Å². The van der Waals surface area contributed by atoms with E-state index in [2.05, 4.69) is 10.4 Å². The van der Waals surface area contributed by atoms with Gasteiger partial charge in [0.1, 0.15) is 0 Å². The normalized spacial score (nSPS) is 22.5. The summed E-state index contributed by atoms with van der Waals surface area (Å²) in [6.07, 6.45) is 6.52. The highest BCUT2D eigenvalue weighted by molar-refractivity contribution is 5.97. The first-order valence-electron chi connectivity index (χ1n) is 13.6. The molecular weight excluding hydrogens is 482 g/mol. The predicted molar refractivity (Wildman–Crippen MR) is 142 cm³/mol. The van der Waals surface area contributed by atoms with E-state index in [9.17, 15) is 14.4 Å². The zero-order chi connectivity index (χ0) is 26.5. The van der Waals surface area contributed by atoms with Crippen molar-refractivity contribution in [3.05, 3.63) is 71.3 Å². The van der Waals surface area contributed by atoms with Crippen LogP contribution < -0.4 is 5.32 Å². The molecule has 2 fully saturated rings. The maximum absolute atomic E-state index is 13.5. The monoisotopic (exact) mass is 517 g/mol. The molecule has 2 aliphatic carbocycles. The Hall–Kier alpha value is -3.68. The summed E-state index contributed by atoms with van der Waals surface area (Å²) < 4.78 is 10.4. The molecule has 2 amide bonds. The standard InChI is InChI=1S/C30H35N3O5/c1-37-30(36)24-15-16-25(17-24)31-28(35)27(21-7-5-6-8-21)22-13-11-20(12-14-22)18-33-26(34)19-38-29(32-33)23-9-3-2-4-10-23/h2-4,9-14,21,24-25,27H,5-8,15-19H2,1H3,(H,31,35)/t24-,25-,27?/m1/s1. The quantitative estimate of drug-likeness (QED) is 0.531. The molecule has 0 radical (unpaired) electrons. The number of hydrogen-bond donors (Lipinski definition) is 1. The van der Waals surface area contributed by atoms with Crippen molar-refractivity contribution in [3.63, 3.8) is 0 Å². The average molecular weight is 518 g/mol. The van der Waals surface area contributed by atoms with Crippen LogP contribution in [-0.4, -0.2) is 48.4 Å². The van der Waals surface area contributed by atoms with Gasteiger partial charge >= 0.3 is 5.97 Å². The Morgan fingerprint density at radius 1 is 1.05 bits per heavy atom. The summed E-state index contributed by atoms with van der Waals surface area (Å²) in [5.74, 6) is 0.0284. The fraction of sp³-hybridized carbons (Fsp3) is 0.467. The summed E-state index contributed by atoms with van der Waals surface area (Å²) >= 11 is 0. The van der Waals surface area contributed by atoms with E-state index in [0.717, 1.165) is 55.2 Å². The molecular formula is C30H35N3O5. The van der Waals surface area contributed by atoms with Gasteiger partial charge in [-0.2, -0.15) is 0 Å². The number of amides is 2. The van der Waals surface area contributed by atoms with Crippen molar-refractivity contribution < 1.29 is 23.9 Å². The number of methoxy groups -OCH3 is 1. The second-order valence-electron chi connectivity index (χ2n) is 10.5. The van der Waals surface area contributed by atoms with Crippen LogP contribution in [0.2, 0.25) is 0 Å². The van der Waals surface area contributed by atoms with Crippen molar-refractivity contribution in [2.45, 2.75) is 63.5 Å². The van der Waals surface area contributed by atoms with E-state index < -0.39 is 0 Å². The second-order valence-corrected chi connectivity index (χ2v) is 10.5. The Labute approximate surface area is 223 Å². The molecule has 2 aromatic carbocycles. The van der Waals surface area contributed by atoms with Crippen molar-refractivity contribution in [1.82, 2.24) is 10.3 Å². The first kappa shape index (κ1) is 25.9. The smallest absolute Gasteiger partial charge is 0.308 e. The zero-order valence-corrected chi connectivity index (χ0v) is 21.8. The minimum Gasteiger partial charge on any atom is -0.469 e. The second kappa shape index (κ2) is 11.8. The molecule has 1 N–H and O–H groups in total. The highest BCUT2D eigenvalue weighted by Gasteiger charge is 2.36. The fourth-order valence-electron chi connectivity index (χ4n) is 5.96. The van der Waals surface area contributed by atoms with E-state index >= 15 is 0 Å². The van der Waals surface area contributed by atoms with Gasteiger partial charge in [-0.15, -0.1) is 5.10 Å². The van der Waals surface area contributed by atoms with Gasteiger partial charge in [-0.25, -0.2) is 5.01 Å². The van der Waals surface area contributed by atoms with Crippen LogP contribution in [-0.2, 0) is 30.4 Å². The summed E-state index contributed by atoms with van der Waals surface area (Å²) in [5, 5.41) is 9.12. The summed E-state index contributed by atoms with van der Waals surface area (Å²) in [6.45, 7) is 0.282. The molecule has 38 heavy (non-hydrogen) atoms. The molecule has 5 rings (SSSR count). The number of carbonyl (C=O) groups excluding carboxylic acids is 3. The lowest BCUT2D eigenvalue weighted by Gasteiger charge is -2.26. The lowest BCUT2D eigenvalue weighted by Crippen LogP contribution is -2.39. The summed E-state index contributed by atoms with van der Waals surface area (Å²) in [6, 6.07) is 17.5. The number of rotatable bonds is 8.